The Hall–Kier alpha value is -1.69. The number of nitrogens with zero attached hydrogens (tertiary/aromatic N) is 3. The van der Waals surface area contributed by atoms with Crippen molar-refractivity contribution < 1.29 is 9.90 Å². The fraction of sp³-hybridized carbons (Fsp3) is 0.643. The first-order valence-electron chi connectivity index (χ1n) is 7.24. The molecular weight excluding hydrogens is 256 g/mol. The molecule has 2 heterocycles. The lowest BCUT2D eigenvalue weighted by Crippen LogP contribution is -2.42. The lowest BCUT2D eigenvalue weighted by atomic mass is 10.1. The molecule has 110 valence electrons. The molecule has 1 fully saturated rings. The van der Waals surface area contributed by atoms with Gasteiger partial charge in [-0.15, -0.1) is 0 Å². The van der Waals surface area contributed by atoms with Crippen molar-refractivity contribution in [3.63, 3.8) is 0 Å². The molecule has 0 bridgehead atoms. The first-order valence-corrected chi connectivity index (χ1v) is 7.24. The highest BCUT2D eigenvalue weighted by Crippen LogP contribution is 2.18. The predicted molar refractivity (Wildman–Crippen MR) is 76.6 cm³/mol. The fourth-order valence-electron chi connectivity index (χ4n) is 2.49. The van der Waals surface area contributed by atoms with Gasteiger partial charge in [0.15, 0.2) is 0 Å². The summed E-state index contributed by atoms with van der Waals surface area (Å²) < 4.78 is 0. The van der Waals surface area contributed by atoms with E-state index in [4.69, 9.17) is 0 Å². The van der Waals surface area contributed by atoms with Gasteiger partial charge in [0.25, 0.3) is 5.91 Å². The number of rotatable bonds is 4. The number of carbonyl (C=O) groups is 1. The van der Waals surface area contributed by atoms with Crippen molar-refractivity contribution in [1.82, 2.24) is 14.9 Å². The van der Waals surface area contributed by atoms with E-state index in [0.29, 0.717) is 18.1 Å². The molecule has 20 heavy (non-hydrogen) atoms. The van der Waals surface area contributed by atoms with E-state index < -0.39 is 0 Å². The summed E-state index contributed by atoms with van der Waals surface area (Å²) in [5.74, 6) is 0.528. The summed E-state index contributed by atoms with van der Waals surface area (Å²) in [6, 6.07) is -0.0970. The average molecular weight is 278 g/mol. The average Bonchev–Trinajstić information content (AvgIpc) is 2.72. The minimum atomic E-state index is -0.138. The predicted octanol–water partition coefficient (Wildman–Crippen LogP) is 1.29. The molecule has 0 aromatic carbocycles. The molecule has 1 aromatic heterocycles. The monoisotopic (exact) mass is 278 g/mol. The van der Waals surface area contributed by atoms with E-state index in [1.165, 1.54) is 6.20 Å². The molecule has 0 saturated carbocycles. The highest BCUT2D eigenvalue weighted by Gasteiger charge is 2.26. The summed E-state index contributed by atoms with van der Waals surface area (Å²) in [6.45, 7) is 3.43. The van der Waals surface area contributed by atoms with Gasteiger partial charge in [-0.1, -0.05) is 12.8 Å². The summed E-state index contributed by atoms with van der Waals surface area (Å²) in [4.78, 5) is 22.6. The minimum Gasteiger partial charge on any atom is -0.394 e. The van der Waals surface area contributed by atoms with Gasteiger partial charge in [-0.25, -0.2) is 9.97 Å². The van der Waals surface area contributed by atoms with Crippen LogP contribution in [0, 0.1) is 0 Å². The van der Waals surface area contributed by atoms with Gasteiger partial charge in [-0.3, -0.25) is 4.79 Å². The highest BCUT2D eigenvalue weighted by atomic mass is 16.3. The van der Waals surface area contributed by atoms with Gasteiger partial charge in [0.05, 0.1) is 25.0 Å². The van der Waals surface area contributed by atoms with Crippen LogP contribution in [-0.2, 0) is 0 Å². The summed E-state index contributed by atoms with van der Waals surface area (Å²) in [5.41, 5.74) is 0.340. The van der Waals surface area contributed by atoms with E-state index >= 15 is 0 Å². The summed E-state index contributed by atoms with van der Waals surface area (Å²) >= 11 is 0. The molecule has 2 rings (SSSR count). The Morgan fingerprint density at radius 3 is 2.90 bits per heavy atom. The minimum absolute atomic E-state index is 0.00857. The number of anilines is 1. The molecule has 6 nitrogen and oxygen atoms in total. The SMILES string of the molecule is CCNc1cnc(C(=O)N2CCCCCC2CO)cn1. The molecule has 1 aromatic rings. The lowest BCUT2D eigenvalue weighted by Gasteiger charge is -2.28. The van der Waals surface area contributed by atoms with Gasteiger partial charge in [0.1, 0.15) is 11.5 Å². The Morgan fingerprint density at radius 2 is 2.25 bits per heavy atom. The van der Waals surface area contributed by atoms with Gasteiger partial charge in [-0.2, -0.15) is 0 Å². The molecule has 6 heteroatoms. The Morgan fingerprint density at radius 1 is 1.40 bits per heavy atom. The van der Waals surface area contributed by atoms with Crippen LogP contribution in [0.15, 0.2) is 12.4 Å². The van der Waals surface area contributed by atoms with Crippen LogP contribution in [-0.4, -0.2) is 51.6 Å². The number of aliphatic hydroxyl groups is 1. The number of nitrogens with one attached hydrogen (secondary N) is 1. The Bertz CT molecular complexity index is 435. The summed E-state index contributed by atoms with van der Waals surface area (Å²) in [6.07, 6.45) is 7.06. The Kier molecular flexibility index (Phi) is 5.29. The molecule has 2 N–H and O–H groups in total. The first-order chi connectivity index (χ1) is 9.76. The standard InChI is InChI=1S/C14H22N4O2/c1-2-15-13-9-16-12(8-17-13)14(20)18-7-5-3-4-6-11(18)10-19/h8-9,11,19H,2-7,10H2,1H3,(H,15,17). The van der Waals surface area contributed by atoms with E-state index in [9.17, 15) is 9.90 Å². The van der Waals surface area contributed by atoms with Gasteiger partial charge in [0, 0.05) is 13.1 Å². The Labute approximate surface area is 119 Å². The zero-order valence-electron chi connectivity index (χ0n) is 11.9. The smallest absolute Gasteiger partial charge is 0.274 e. The number of amides is 1. The number of likely N-dealkylation sites (tertiary alicyclic amines) is 1. The van der Waals surface area contributed by atoms with Crippen molar-refractivity contribution in [2.75, 3.05) is 25.0 Å². The second-order valence-corrected chi connectivity index (χ2v) is 5.00. The van der Waals surface area contributed by atoms with Crippen molar-refractivity contribution >= 4 is 11.7 Å². The normalized spacial score (nSPS) is 19.5. The van der Waals surface area contributed by atoms with Crippen LogP contribution in [0.4, 0.5) is 5.82 Å². The molecular formula is C14H22N4O2. The number of carbonyl (C=O) groups excluding carboxylic acids is 1. The van der Waals surface area contributed by atoms with Crippen LogP contribution in [0.25, 0.3) is 0 Å². The third-order valence-corrected chi connectivity index (χ3v) is 3.58. The fourth-order valence-corrected chi connectivity index (χ4v) is 2.49. The number of aromatic nitrogens is 2. The van der Waals surface area contributed by atoms with Gasteiger partial charge in [-0.05, 0) is 19.8 Å². The van der Waals surface area contributed by atoms with Gasteiger partial charge >= 0.3 is 0 Å². The largest absolute Gasteiger partial charge is 0.394 e. The van der Waals surface area contributed by atoms with Gasteiger partial charge in [0.2, 0.25) is 0 Å². The molecule has 1 amide bonds. The molecule has 1 unspecified atom stereocenters. The van der Waals surface area contributed by atoms with Crippen LogP contribution in [0.5, 0.6) is 0 Å². The van der Waals surface area contributed by atoms with E-state index in [2.05, 4.69) is 15.3 Å². The van der Waals surface area contributed by atoms with Crippen molar-refractivity contribution in [1.29, 1.82) is 0 Å². The maximum Gasteiger partial charge on any atom is 0.274 e. The molecule has 1 aliphatic rings. The molecule has 1 atom stereocenters. The van der Waals surface area contributed by atoms with E-state index in [0.717, 1.165) is 32.2 Å². The number of hydrogen-bond donors (Lipinski definition) is 2. The van der Waals surface area contributed by atoms with Crippen molar-refractivity contribution in [3.8, 4) is 0 Å². The maximum atomic E-state index is 12.5. The van der Waals surface area contributed by atoms with E-state index in [1.807, 2.05) is 6.92 Å². The second kappa shape index (κ2) is 7.19. The molecule has 1 aliphatic heterocycles. The third kappa shape index (κ3) is 3.45. The highest BCUT2D eigenvalue weighted by molar-refractivity contribution is 5.92. The quantitative estimate of drug-likeness (QED) is 0.867. The van der Waals surface area contributed by atoms with Crippen molar-refractivity contribution in [2.24, 2.45) is 0 Å². The molecule has 1 saturated heterocycles. The zero-order chi connectivity index (χ0) is 14.4. The summed E-state index contributed by atoms with van der Waals surface area (Å²) in [7, 11) is 0. The summed E-state index contributed by atoms with van der Waals surface area (Å²) in [5, 5.41) is 12.5. The lowest BCUT2D eigenvalue weighted by molar-refractivity contribution is 0.0593. The van der Waals surface area contributed by atoms with Crippen molar-refractivity contribution in [2.45, 2.75) is 38.6 Å². The topological polar surface area (TPSA) is 78.4 Å². The molecule has 0 aliphatic carbocycles. The zero-order valence-corrected chi connectivity index (χ0v) is 11.9. The molecule has 0 radical (unpaired) electrons. The van der Waals surface area contributed by atoms with Crippen LogP contribution < -0.4 is 5.32 Å². The van der Waals surface area contributed by atoms with E-state index in [1.54, 1.807) is 11.1 Å². The van der Waals surface area contributed by atoms with Crippen LogP contribution in [0.2, 0.25) is 0 Å². The number of hydrogen-bond acceptors (Lipinski definition) is 5. The van der Waals surface area contributed by atoms with Crippen LogP contribution in [0.1, 0.15) is 43.1 Å². The number of aliphatic hydroxyl groups excluding tert-OH is 1. The Balaban J connectivity index is 2.11. The first kappa shape index (κ1) is 14.7. The van der Waals surface area contributed by atoms with Crippen molar-refractivity contribution in [3.05, 3.63) is 18.1 Å². The molecule has 0 spiro atoms. The van der Waals surface area contributed by atoms with Crippen LogP contribution >= 0.6 is 0 Å². The third-order valence-electron chi connectivity index (χ3n) is 3.58. The maximum absolute atomic E-state index is 12.5. The van der Waals surface area contributed by atoms with E-state index in [-0.39, 0.29) is 18.6 Å². The van der Waals surface area contributed by atoms with Gasteiger partial charge < -0.3 is 15.3 Å². The van der Waals surface area contributed by atoms with Crippen LogP contribution in [0.3, 0.4) is 0 Å². The second-order valence-electron chi connectivity index (χ2n) is 5.00.